The Morgan fingerprint density at radius 1 is 1.04 bits per heavy atom. The largest absolute Gasteiger partial charge is 0.426 e. The summed E-state index contributed by atoms with van der Waals surface area (Å²) < 4.78 is 5.41. The van der Waals surface area contributed by atoms with Crippen LogP contribution in [0.1, 0.15) is 37.4 Å². The van der Waals surface area contributed by atoms with Gasteiger partial charge < -0.3 is 15.0 Å². The Hall–Kier alpha value is -3.41. The Bertz CT molecular complexity index is 903. The molecular weight excluding hydrogens is 344 g/mol. The first-order chi connectivity index (χ1) is 12.9. The van der Waals surface area contributed by atoms with Crippen molar-refractivity contribution < 1.29 is 19.1 Å². The number of carbonyl (C=O) groups is 3. The fourth-order valence-electron chi connectivity index (χ4n) is 3.05. The van der Waals surface area contributed by atoms with Gasteiger partial charge in [-0.15, -0.1) is 0 Å². The molecule has 6 nitrogen and oxygen atoms in total. The number of ether oxygens (including phenoxy) is 1. The van der Waals surface area contributed by atoms with E-state index in [0.717, 1.165) is 11.1 Å². The minimum atomic E-state index is -0.441. The molecule has 1 unspecified atom stereocenters. The smallest absolute Gasteiger partial charge is 0.313 e. The zero-order valence-electron chi connectivity index (χ0n) is 15.1. The molecule has 2 aromatic carbocycles. The molecule has 0 bridgehead atoms. The van der Waals surface area contributed by atoms with Crippen LogP contribution in [0.4, 0.5) is 5.69 Å². The highest BCUT2D eigenvalue weighted by molar-refractivity contribution is 5.88. The van der Waals surface area contributed by atoms with Crippen molar-refractivity contribution in [2.24, 2.45) is 0 Å². The fraction of sp³-hybridized carbons (Fsp3) is 0.190. The third kappa shape index (κ3) is 4.41. The Balaban J connectivity index is 1.73. The standard InChI is InChI=1S/C21H20N2O4/c1-14(24)22-17-7-9-18(10-8-17)27-21(26)13-20-19-6-4-3-5-16(19)11-12-23(20)15(2)25/h3-12,20H,13H2,1-2H3,(H,22,24). The number of anilines is 1. The molecule has 2 aromatic rings. The molecule has 3 rings (SSSR count). The second kappa shape index (κ2) is 7.86. The summed E-state index contributed by atoms with van der Waals surface area (Å²) in [6.45, 7) is 2.89. The molecule has 2 amide bonds. The maximum Gasteiger partial charge on any atom is 0.313 e. The minimum absolute atomic E-state index is 0.0361. The van der Waals surface area contributed by atoms with E-state index in [9.17, 15) is 14.4 Å². The van der Waals surface area contributed by atoms with Crippen LogP contribution in [0.5, 0.6) is 5.75 Å². The third-order valence-electron chi connectivity index (χ3n) is 4.24. The number of rotatable bonds is 4. The van der Waals surface area contributed by atoms with Gasteiger partial charge in [0.2, 0.25) is 11.8 Å². The molecule has 138 valence electrons. The summed E-state index contributed by atoms with van der Waals surface area (Å²) >= 11 is 0. The molecule has 1 heterocycles. The van der Waals surface area contributed by atoms with Crippen molar-refractivity contribution in [2.45, 2.75) is 26.3 Å². The summed E-state index contributed by atoms with van der Waals surface area (Å²) in [6, 6.07) is 13.8. The van der Waals surface area contributed by atoms with Crippen LogP contribution >= 0.6 is 0 Å². The number of amides is 2. The van der Waals surface area contributed by atoms with E-state index in [4.69, 9.17) is 4.74 Å². The van der Waals surface area contributed by atoms with Crippen LogP contribution < -0.4 is 10.1 Å². The fourth-order valence-corrected chi connectivity index (χ4v) is 3.05. The molecule has 0 saturated carbocycles. The number of fused-ring (bicyclic) bond motifs is 1. The lowest BCUT2D eigenvalue weighted by Gasteiger charge is -2.32. The number of hydrogen-bond donors (Lipinski definition) is 1. The maximum atomic E-state index is 12.5. The molecule has 0 radical (unpaired) electrons. The summed E-state index contributed by atoms with van der Waals surface area (Å²) in [5, 5.41) is 2.65. The third-order valence-corrected chi connectivity index (χ3v) is 4.24. The van der Waals surface area contributed by atoms with E-state index < -0.39 is 12.0 Å². The van der Waals surface area contributed by atoms with Gasteiger partial charge in [0, 0.05) is 25.7 Å². The van der Waals surface area contributed by atoms with Crippen molar-refractivity contribution in [3.8, 4) is 5.75 Å². The Labute approximate surface area is 157 Å². The molecule has 0 fully saturated rings. The summed E-state index contributed by atoms with van der Waals surface area (Å²) in [6.07, 6.45) is 3.60. The highest BCUT2D eigenvalue weighted by Crippen LogP contribution is 2.33. The molecular formula is C21H20N2O4. The van der Waals surface area contributed by atoms with Gasteiger partial charge in [0.15, 0.2) is 0 Å². The van der Waals surface area contributed by atoms with Crippen molar-refractivity contribution in [3.63, 3.8) is 0 Å². The average Bonchev–Trinajstić information content (AvgIpc) is 2.63. The van der Waals surface area contributed by atoms with E-state index in [1.165, 1.54) is 13.8 Å². The molecule has 27 heavy (non-hydrogen) atoms. The SMILES string of the molecule is CC(=O)Nc1ccc(OC(=O)CC2c3ccccc3C=CN2C(C)=O)cc1. The zero-order valence-corrected chi connectivity index (χ0v) is 15.1. The topological polar surface area (TPSA) is 75.7 Å². The lowest BCUT2D eigenvalue weighted by atomic mass is 9.94. The van der Waals surface area contributed by atoms with Crippen molar-refractivity contribution in [1.29, 1.82) is 0 Å². The summed E-state index contributed by atoms with van der Waals surface area (Å²) in [5.41, 5.74) is 2.51. The van der Waals surface area contributed by atoms with Crippen LogP contribution in [0.25, 0.3) is 6.08 Å². The molecule has 6 heteroatoms. The van der Waals surface area contributed by atoms with Crippen LogP contribution in [-0.4, -0.2) is 22.7 Å². The van der Waals surface area contributed by atoms with Crippen LogP contribution in [0, 0.1) is 0 Å². The second-order valence-electron chi connectivity index (χ2n) is 6.27. The van der Waals surface area contributed by atoms with E-state index in [-0.39, 0.29) is 18.2 Å². The monoisotopic (exact) mass is 364 g/mol. The normalized spacial score (nSPS) is 15.0. The van der Waals surface area contributed by atoms with Gasteiger partial charge in [-0.1, -0.05) is 24.3 Å². The van der Waals surface area contributed by atoms with Gasteiger partial charge in [0.05, 0.1) is 12.5 Å². The van der Waals surface area contributed by atoms with E-state index >= 15 is 0 Å². The lowest BCUT2D eigenvalue weighted by molar-refractivity contribution is -0.137. The van der Waals surface area contributed by atoms with Gasteiger partial charge in [0.1, 0.15) is 5.75 Å². The first kappa shape index (κ1) is 18.4. The van der Waals surface area contributed by atoms with Crippen molar-refractivity contribution in [2.75, 3.05) is 5.32 Å². The van der Waals surface area contributed by atoms with Gasteiger partial charge >= 0.3 is 5.97 Å². The number of nitrogens with one attached hydrogen (secondary N) is 1. The molecule has 1 atom stereocenters. The Kier molecular flexibility index (Phi) is 5.35. The summed E-state index contributed by atoms with van der Waals surface area (Å²) in [5.74, 6) is -0.377. The molecule has 0 aliphatic carbocycles. The summed E-state index contributed by atoms with van der Waals surface area (Å²) in [4.78, 5) is 37.0. The maximum absolute atomic E-state index is 12.5. The van der Waals surface area contributed by atoms with Crippen LogP contribution in [-0.2, 0) is 14.4 Å². The van der Waals surface area contributed by atoms with Crippen molar-refractivity contribution in [1.82, 2.24) is 4.90 Å². The number of esters is 1. The molecule has 0 saturated heterocycles. The zero-order chi connectivity index (χ0) is 19.4. The van der Waals surface area contributed by atoms with Gasteiger partial charge in [-0.2, -0.15) is 0 Å². The van der Waals surface area contributed by atoms with E-state index in [1.54, 1.807) is 35.4 Å². The van der Waals surface area contributed by atoms with Crippen molar-refractivity contribution >= 4 is 29.5 Å². The quantitative estimate of drug-likeness (QED) is 0.665. The molecule has 0 spiro atoms. The van der Waals surface area contributed by atoms with Crippen LogP contribution in [0.2, 0.25) is 0 Å². The summed E-state index contributed by atoms with van der Waals surface area (Å²) in [7, 11) is 0. The number of nitrogens with zero attached hydrogens (tertiary/aromatic N) is 1. The van der Waals surface area contributed by atoms with Gasteiger partial charge in [0.25, 0.3) is 0 Å². The highest BCUT2D eigenvalue weighted by atomic mass is 16.5. The van der Waals surface area contributed by atoms with Gasteiger partial charge in [-0.3, -0.25) is 14.4 Å². The molecule has 1 aliphatic rings. The molecule has 0 aromatic heterocycles. The molecule has 1 aliphatic heterocycles. The first-order valence-electron chi connectivity index (χ1n) is 8.58. The van der Waals surface area contributed by atoms with E-state index in [0.29, 0.717) is 11.4 Å². The lowest BCUT2D eigenvalue weighted by Crippen LogP contribution is -2.33. The Morgan fingerprint density at radius 3 is 2.41 bits per heavy atom. The number of hydrogen-bond acceptors (Lipinski definition) is 4. The van der Waals surface area contributed by atoms with Crippen LogP contribution in [0.3, 0.4) is 0 Å². The average molecular weight is 364 g/mol. The second-order valence-corrected chi connectivity index (χ2v) is 6.27. The predicted octanol–water partition coefficient (Wildman–Crippen LogP) is 3.51. The van der Waals surface area contributed by atoms with E-state index in [1.807, 2.05) is 30.3 Å². The predicted molar refractivity (Wildman–Crippen MR) is 102 cm³/mol. The highest BCUT2D eigenvalue weighted by Gasteiger charge is 2.28. The van der Waals surface area contributed by atoms with Crippen molar-refractivity contribution in [3.05, 3.63) is 65.9 Å². The number of carbonyl (C=O) groups excluding carboxylic acids is 3. The van der Waals surface area contributed by atoms with Gasteiger partial charge in [-0.25, -0.2) is 0 Å². The molecule has 1 N–H and O–H groups in total. The number of benzene rings is 2. The van der Waals surface area contributed by atoms with Gasteiger partial charge in [-0.05, 0) is 41.5 Å². The Morgan fingerprint density at radius 2 is 1.74 bits per heavy atom. The first-order valence-corrected chi connectivity index (χ1v) is 8.58. The van der Waals surface area contributed by atoms with Crippen LogP contribution in [0.15, 0.2) is 54.7 Å². The van der Waals surface area contributed by atoms with E-state index in [2.05, 4.69) is 5.32 Å². The minimum Gasteiger partial charge on any atom is -0.426 e.